The van der Waals surface area contributed by atoms with Crippen LogP contribution in [0.2, 0.25) is 0 Å². The maximum absolute atomic E-state index is 13.2. The third-order valence-corrected chi connectivity index (χ3v) is 2.50. The van der Waals surface area contributed by atoms with E-state index in [2.05, 4.69) is 15.9 Å². The Kier molecular flexibility index (Phi) is 4.84. The van der Waals surface area contributed by atoms with Crippen molar-refractivity contribution in [3.8, 4) is 11.8 Å². The molecule has 0 spiro atoms. The molecule has 0 amide bonds. The predicted molar refractivity (Wildman–Crippen MR) is 61.1 cm³/mol. The second kappa shape index (κ2) is 6.15. The van der Waals surface area contributed by atoms with Crippen molar-refractivity contribution in [2.45, 2.75) is 12.8 Å². The number of unbranched alkanes of at least 4 members (excludes halogenated alkanes) is 1. The Balaban J connectivity index is 2.86. The zero-order chi connectivity index (χ0) is 12.8. The molecule has 0 atom stereocenters. The highest BCUT2D eigenvalue weighted by molar-refractivity contribution is 9.10. The third-order valence-electron chi connectivity index (χ3n) is 1.89. The first kappa shape index (κ1) is 13.4. The summed E-state index contributed by atoms with van der Waals surface area (Å²) in [4.78, 5) is 10.1. The summed E-state index contributed by atoms with van der Waals surface area (Å²) in [6.07, 6.45) is 0.720. The number of nitrogens with zero attached hydrogens (tertiary/aromatic N) is 2. The smallest absolute Gasteiger partial charge is 0.312 e. The molecule has 17 heavy (non-hydrogen) atoms. The molecule has 0 aliphatic heterocycles. The van der Waals surface area contributed by atoms with E-state index in [9.17, 15) is 14.5 Å². The van der Waals surface area contributed by atoms with Gasteiger partial charge in [0.1, 0.15) is 5.82 Å². The molecule has 0 heterocycles. The Morgan fingerprint density at radius 3 is 2.88 bits per heavy atom. The van der Waals surface area contributed by atoms with E-state index >= 15 is 0 Å². The maximum Gasteiger partial charge on any atom is 0.312 e. The molecule has 1 rings (SSSR count). The van der Waals surface area contributed by atoms with Gasteiger partial charge in [-0.25, -0.2) is 4.39 Å². The summed E-state index contributed by atoms with van der Waals surface area (Å²) in [7, 11) is 0. The van der Waals surface area contributed by atoms with E-state index in [1.165, 1.54) is 0 Å². The molecule has 0 aliphatic carbocycles. The number of benzene rings is 1. The van der Waals surface area contributed by atoms with E-state index in [1.807, 2.05) is 6.07 Å². The highest BCUT2D eigenvalue weighted by Crippen LogP contribution is 2.32. The number of hydrogen-bond donors (Lipinski definition) is 0. The fourth-order valence-electron chi connectivity index (χ4n) is 1.11. The maximum atomic E-state index is 13.2. The Morgan fingerprint density at radius 1 is 1.59 bits per heavy atom. The standard InChI is InChI=1S/C10H8BrFN2O3/c11-7-5-9(14(15)16)10(6-8(7)12)17-4-2-1-3-13/h5-6H,1-2,4H2. The number of nitro groups is 1. The molecule has 90 valence electrons. The molecule has 0 aromatic heterocycles. The van der Waals surface area contributed by atoms with Crippen molar-refractivity contribution >= 4 is 21.6 Å². The number of rotatable bonds is 5. The van der Waals surface area contributed by atoms with E-state index in [4.69, 9.17) is 10.00 Å². The summed E-state index contributed by atoms with van der Waals surface area (Å²) in [6.45, 7) is 0.134. The van der Waals surface area contributed by atoms with Gasteiger partial charge in [0.05, 0.1) is 22.1 Å². The second-order valence-corrected chi connectivity index (χ2v) is 3.96. The average molecular weight is 303 g/mol. The summed E-state index contributed by atoms with van der Waals surface area (Å²) in [5.74, 6) is -0.764. The van der Waals surface area contributed by atoms with Crippen LogP contribution in [0.25, 0.3) is 0 Å². The zero-order valence-electron chi connectivity index (χ0n) is 8.65. The van der Waals surface area contributed by atoms with Gasteiger partial charge >= 0.3 is 5.69 Å². The van der Waals surface area contributed by atoms with Crippen LogP contribution >= 0.6 is 15.9 Å². The molecular weight excluding hydrogens is 295 g/mol. The molecule has 0 bridgehead atoms. The van der Waals surface area contributed by atoms with Crippen LogP contribution in [0.3, 0.4) is 0 Å². The number of nitriles is 1. The minimum atomic E-state index is -0.649. The summed E-state index contributed by atoms with van der Waals surface area (Å²) in [6, 6.07) is 3.92. The third kappa shape index (κ3) is 3.67. The molecule has 1 aromatic rings. The highest BCUT2D eigenvalue weighted by atomic mass is 79.9. The first-order chi connectivity index (χ1) is 8.06. The lowest BCUT2D eigenvalue weighted by atomic mass is 10.3. The monoisotopic (exact) mass is 302 g/mol. The molecule has 0 saturated heterocycles. The van der Waals surface area contributed by atoms with Gasteiger partial charge < -0.3 is 4.74 Å². The van der Waals surface area contributed by atoms with Crippen LogP contribution in [0, 0.1) is 27.3 Å². The van der Waals surface area contributed by atoms with E-state index in [0.717, 1.165) is 12.1 Å². The number of halogens is 2. The van der Waals surface area contributed by atoms with Crippen molar-refractivity contribution in [2.75, 3.05) is 6.61 Å². The van der Waals surface area contributed by atoms with Crippen LogP contribution in [0.15, 0.2) is 16.6 Å². The molecule has 5 nitrogen and oxygen atoms in total. The van der Waals surface area contributed by atoms with Crippen LogP contribution in [-0.4, -0.2) is 11.5 Å². The lowest BCUT2D eigenvalue weighted by Crippen LogP contribution is -2.01. The molecule has 0 N–H and O–H groups in total. The van der Waals surface area contributed by atoms with Gasteiger partial charge in [0.15, 0.2) is 5.75 Å². The molecule has 1 aromatic carbocycles. The molecule has 0 fully saturated rings. The van der Waals surface area contributed by atoms with Crippen molar-refractivity contribution in [1.82, 2.24) is 0 Å². The van der Waals surface area contributed by atoms with Gasteiger partial charge in [0.2, 0.25) is 0 Å². The predicted octanol–water partition coefficient (Wildman–Crippen LogP) is 3.18. The normalized spacial score (nSPS) is 9.71. The largest absolute Gasteiger partial charge is 0.487 e. The van der Waals surface area contributed by atoms with E-state index in [0.29, 0.717) is 6.42 Å². The van der Waals surface area contributed by atoms with Gasteiger partial charge in [0.25, 0.3) is 0 Å². The van der Waals surface area contributed by atoms with Crippen LogP contribution in [0.4, 0.5) is 10.1 Å². The quantitative estimate of drug-likeness (QED) is 0.475. The van der Waals surface area contributed by atoms with Gasteiger partial charge in [-0.3, -0.25) is 10.1 Å². The van der Waals surface area contributed by atoms with Crippen molar-refractivity contribution in [3.05, 3.63) is 32.5 Å². The van der Waals surface area contributed by atoms with E-state index in [1.54, 1.807) is 0 Å². The van der Waals surface area contributed by atoms with Crippen molar-refractivity contribution < 1.29 is 14.1 Å². The van der Waals surface area contributed by atoms with E-state index < -0.39 is 10.7 Å². The first-order valence-corrected chi connectivity index (χ1v) is 5.48. The molecule has 0 radical (unpaired) electrons. The Labute approximate surface area is 105 Å². The van der Waals surface area contributed by atoms with Crippen LogP contribution in [-0.2, 0) is 0 Å². The number of hydrogen-bond acceptors (Lipinski definition) is 4. The summed E-state index contributed by atoms with van der Waals surface area (Å²) in [5, 5.41) is 19.0. The van der Waals surface area contributed by atoms with Crippen LogP contribution in [0.5, 0.6) is 5.75 Å². The number of ether oxygens (including phenoxy) is 1. The van der Waals surface area contributed by atoms with Crippen LogP contribution < -0.4 is 4.74 Å². The Morgan fingerprint density at radius 2 is 2.29 bits per heavy atom. The molecule has 0 unspecified atom stereocenters. The topological polar surface area (TPSA) is 76.2 Å². The fourth-order valence-corrected chi connectivity index (χ4v) is 1.44. The van der Waals surface area contributed by atoms with Gasteiger partial charge in [-0.1, -0.05) is 0 Å². The van der Waals surface area contributed by atoms with Gasteiger partial charge in [-0.15, -0.1) is 0 Å². The number of nitro benzene ring substituents is 1. The lowest BCUT2D eigenvalue weighted by molar-refractivity contribution is -0.386. The summed E-state index contributed by atoms with van der Waals surface area (Å²) >= 11 is 2.86. The van der Waals surface area contributed by atoms with Gasteiger partial charge in [-0.2, -0.15) is 5.26 Å². The zero-order valence-corrected chi connectivity index (χ0v) is 10.2. The first-order valence-electron chi connectivity index (χ1n) is 4.69. The summed E-state index contributed by atoms with van der Waals surface area (Å²) < 4.78 is 18.3. The minimum absolute atomic E-state index is 0.00794. The van der Waals surface area contributed by atoms with Crippen LogP contribution in [0.1, 0.15) is 12.8 Å². The lowest BCUT2D eigenvalue weighted by Gasteiger charge is -2.06. The fraction of sp³-hybridized carbons (Fsp3) is 0.300. The average Bonchev–Trinajstić information content (AvgIpc) is 2.28. The molecule has 7 heteroatoms. The Bertz CT molecular complexity index is 473. The second-order valence-electron chi connectivity index (χ2n) is 3.10. The van der Waals surface area contributed by atoms with Gasteiger partial charge in [-0.05, 0) is 22.4 Å². The van der Waals surface area contributed by atoms with E-state index in [-0.39, 0.29) is 28.9 Å². The Hall–Kier alpha value is -1.68. The summed E-state index contributed by atoms with van der Waals surface area (Å²) in [5.41, 5.74) is -0.310. The minimum Gasteiger partial charge on any atom is -0.487 e. The van der Waals surface area contributed by atoms with Crippen molar-refractivity contribution in [1.29, 1.82) is 5.26 Å². The molecule has 0 saturated carbocycles. The van der Waals surface area contributed by atoms with Gasteiger partial charge in [0, 0.05) is 18.6 Å². The van der Waals surface area contributed by atoms with Crippen molar-refractivity contribution in [3.63, 3.8) is 0 Å². The van der Waals surface area contributed by atoms with Crippen molar-refractivity contribution in [2.24, 2.45) is 0 Å². The molecular formula is C10H8BrFN2O3. The molecule has 0 aliphatic rings. The highest BCUT2D eigenvalue weighted by Gasteiger charge is 2.18. The SMILES string of the molecule is N#CCCCOc1cc(F)c(Br)cc1[N+](=O)[O-].